The molecule has 0 N–H and O–H groups in total. The SMILES string of the molecule is C.C.CC.CC.CC.CC.CC.c1ccc2c(c1)Cc1ccccc1-2.c1ccccc1. The third kappa shape index (κ3) is 16.1. The monoisotopic (exact) mass is 426 g/mol. The molecule has 178 valence electrons. The van der Waals surface area contributed by atoms with Crippen molar-refractivity contribution in [2.24, 2.45) is 0 Å². The molecule has 0 spiro atoms. The second-order valence-electron chi connectivity index (χ2n) is 4.65. The Bertz CT molecular complexity index is 583. The number of benzene rings is 3. The lowest BCUT2D eigenvalue weighted by Crippen LogP contribution is -1.77. The Hall–Kier alpha value is -2.34. The van der Waals surface area contributed by atoms with E-state index in [1.54, 1.807) is 0 Å². The molecule has 4 rings (SSSR count). The van der Waals surface area contributed by atoms with Gasteiger partial charge in [0.05, 0.1) is 0 Å². The van der Waals surface area contributed by atoms with E-state index in [9.17, 15) is 0 Å². The van der Waals surface area contributed by atoms with Gasteiger partial charge < -0.3 is 0 Å². The summed E-state index contributed by atoms with van der Waals surface area (Å²) in [6.07, 6.45) is 1.10. The smallest absolute Gasteiger partial charge is 0.00135 e. The summed E-state index contributed by atoms with van der Waals surface area (Å²) >= 11 is 0. The molecular formula is C31H54. The van der Waals surface area contributed by atoms with Crippen LogP contribution >= 0.6 is 0 Å². The quantitative estimate of drug-likeness (QED) is 0.262. The van der Waals surface area contributed by atoms with Crippen LogP contribution in [0.5, 0.6) is 0 Å². The average Bonchev–Trinajstić information content (AvgIpc) is 3.26. The number of fused-ring (bicyclic) bond motifs is 3. The highest BCUT2D eigenvalue weighted by atomic mass is 14.2. The largest absolute Gasteiger partial charge is 0.0776 e. The molecule has 0 atom stereocenters. The van der Waals surface area contributed by atoms with Crippen LogP contribution in [0.15, 0.2) is 84.9 Å². The van der Waals surface area contributed by atoms with Gasteiger partial charge in [0.15, 0.2) is 0 Å². The van der Waals surface area contributed by atoms with Gasteiger partial charge in [-0.2, -0.15) is 0 Å². The first kappa shape index (κ1) is 39.2. The van der Waals surface area contributed by atoms with Crippen LogP contribution in [-0.2, 0) is 6.42 Å². The van der Waals surface area contributed by atoms with Crippen molar-refractivity contribution in [2.75, 3.05) is 0 Å². The van der Waals surface area contributed by atoms with Crippen LogP contribution in [0.25, 0.3) is 11.1 Å². The lowest BCUT2D eigenvalue weighted by atomic mass is 10.1. The Morgan fingerprint density at radius 2 is 0.581 bits per heavy atom. The van der Waals surface area contributed by atoms with E-state index in [1.807, 2.05) is 106 Å². The van der Waals surface area contributed by atoms with Gasteiger partial charge in [-0.05, 0) is 28.7 Å². The zero-order valence-corrected chi connectivity index (χ0v) is 20.8. The van der Waals surface area contributed by atoms with Gasteiger partial charge in [0.2, 0.25) is 0 Å². The van der Waals surface area contributed by atoms with E-state index in [0.717, 1.165) is 6.42 Å². The van der Waals surface area contributed by atoms with Gasteiger partial charge in [0.25, 0.3) is 0 Å². The van der Waals surface area contributed by atoms with E-state index in [-0.39, 0.29) is 14.9 Å². The Morgan fingerprint density at radius 1 is 0.355 bits per heavy atom. The van der Waals surface area contributed by atoms with Crippen molar-refractivity contribution >= 4 is 0 Å². The summed E-state index contributed by atoms with van der Waals surface area (Å²) in [6, 6.07) is 29.3. The lowest BCUT2D eigenvalue weighted by Gasteiger charge is -1.98. The zero-order valence-electron chi connectivity index (χ0n) is 20.8. The summed E-state index contributed by atoms with van der Waals surface area (Å²) in [5, 5.41) is 0. The maximum absolute atomic E-state index is 2.22. The maximum Gasteiger partial charge on any atom is -0.00135 e. The van der Waals surface area contributed by atoms with E-state index in [1.165, 1.54) is 22.3 Å². The maximum atomic E-state index is 2.22. The van der Waals surface area contributed by atoms with Crippen molar-refractivity contribution in [1.82, 2.24) is 0 Å². The highest BCUT2D eigenvalue weighted by Gasteiger charge is 2.15. The minimum absolute atomic E-state index is 0. The van der Waals surface area contributed by atoms with E-state index < -0.39 is 0 Å². The highest BCUT2D eigenvalue weighted by molar-refractivity contribution is 5.76. The first-order chi connectivity index (χ1) is 14.4. The zero-order chi connectivity index (χ0) is 22.9. The third-order valence-electron chi connectivity index (χ3n) is 3.37. The highest BCUT2D eigenvalue weighted by Crippen LogP contribution is 2.35. The topological polar surface area (TPSA) is 0 Å². The average molecular weight is 427 g/mol. The first-order valence-corrected chi connectivity index (χ1v) is 11.6. The molecule has 3 aromatic carbocycles. The summed E-state index contributed by atoms with van der Waals surface area (Å²) in [5.41, 5.74) is 5.75. The summed E-state index contributed by atoms with van der Waals surface area (Å²) in [7, 11) is 0. The molecule has 3 aromatic rings. The van der Waals surface area contributed by atoms with E-state index in [0.29, 0.717) is 0 Å². The summed E-state index contributed by atoms with van der Waals surface area (Å²) < 4.78 is 0. The van der Waals surface area contributed by atoms with Gasteiger partial charge in [-0.3, -0.25) is 0 Å². The molecule has 31 heavy (non-hydrogen) atoms. The van der Waals surface area contributed by atoms with Gasteiger partial charge in [-0.25, -0.2) is 0 Å². The molecule has 0 nitrogen and oxygen atoms in total. The van der Waals surface area contributed by atoms with E-state index in [4.69, 9.17) is 0 Å². The Balaban J connectivity index is -0.000000108. The lowest BCUT2D eigenvalue weighted by molar-refractivity contribution is 1.26. The molecule has 1 aliphatic rings. The molecule has 0 radical (unpaired) electrons. The molecule has 0 heterocycles. The van der Waals surface area contributed by atoms with Crippen molar-refractivity contribution in [1.29, 1.82) is 0 Å². The fourth-order valence-corrected chi connectivity index (χ4v) is 2.46. The van der Waals surface area contributed by atoms with Crippen molar-refractivity contribution in [3.8, 4) is 11.1 Å². The molecule has 0 saturated carbocycles. The Kier molecular flexibility index (Phi) is 40.8. The van der Waals surface area contributed by atoms with Crippen LogP contribution in [-0.4, -0.2) is 0 Å². The Labute approximate surface area is 197 Å². The van der Waals surface area contributed by atoms with Gasteiger partial charge >= 0.3 is 0 Å². The van der Waals surface area contributed by atoms with Crippen molar-refractivity contribution in [3.05, 3.63) is 96.1 Å². The van der Waals surface area contributed by atoms with Gasteiger partial charge in [0, 0.05) is 0 Å². The van der Waals surface area contributed by atoms with E-state index in [2.05, 4.69) is 48.5 Å². The fraction of sp³-hybridized carbons (Fsp3) is 0.419. The van der Waals surface area contributed by atoms with Gasteiger partial charge in [-0.1, -0.05) is 169 Å². The molecule has 0 aliphatic heterocycles. The fourth-order valence-electron chi connectivity index (χ4n) is 2.46. The Morgan fingerprint density at radius 3 is 0.839 bits per heavy atom. The second kappa shape index (κ2) is 32.3. The molecular weight excluding hydrogens is 372 g/mol. The number of rotatable bonds is 0. The predicted octanol–water partition coefficient (Wildman–Crippen LogP) is 11.3. The van der Waals surface area contributed by atoms with Crippen LogP contribution in [0.3, 0.4) is 0 Å². The molecule has 0 amide bonds. The van der Waals surface area contributed by atoms with Crippen LogP contribution < -0.4 is 0 Å². The van der Waals surface area contributed by atoms with Crippen molar-refractivity contribution in [3.63, 3.8) is 0 Å². The second-order valence-corrected chi connectivity index (χ2v) is 4.65. The van der Waals surface area contributed by atoms with Gasteiger partial charge in [0.1, 0.15) is 0 Å². The van der Waals surface area contributed by atoms with Crippen LogP contribution in [0.1, 0.15) is 95.2 Å². The summed E-state index contributed by atoms with van der Waals surface area (Å²) in [5.74, 6) is 0. The normalized spacial score (nSPS) is 7.68. The minimum atomic E-state index is 0. The van der Waals surface area contributed by atoms with Gasteiger partial charge in [-0.15, -0.1) is 0 Å². The molecule has 0 heteroatoms. The first-order valence-electron chi connectivity index (χ1n) is 11.6. The standard InChI is InChI=1S/C13H10.C6H6.5C2H6.2CH4/c1-3-7-12-10(5-1)9-11-6-2-4-8-13(11)12;1-2-4-6-5-3-1;5*1-2;;/h1-8H,9H2;1-6H;5*1-2H3;2*1H4. The van der Waals surface area contributed by atoms with Crippen molar-refractivity contribution in [2.45, 2.75) is 90.5 Å². The molecule has 0 fully saturated rings. The molecule has 1 aliphatic carbocycles. The summed E-state index contributed by atoms with van der Waals surface area (Å²) in [6.45, 7) is 20.0. The third-order valence-corrected chi connectivity index (χ3v) is 3.37. The molecule has 0 unspecified atom stereocenters. The van der Waals surface area contributed by atoms with E-state index >= 15 is 0 Å². The molecule has 0 bridgehead atoms. The van der Waals surface area contributed by atoms with Crippen LogP contribution in [0.4, 0.5) is 0 Å². The predicted molar refractivity (Wildman–Crippen MR) is 151 cm³/mol. The number of hydrogen-bond acceptors (Lipinski definition) is 0. The summed E-state index contributed by atoms with van der Waals surface area (Å²) in [4.78, 5) is 0. The minimum Gasteiger partial charge on any atom is -0.0776 e. The molecule has 0 saturated heterocycles. The van der Waals surface area contributed by atoms with Crippen LogP contribution in [0, 0.1) is 0 Å². The van der Waals surface area contributed by atoms with Crippen LogP contribution in [0.2, 0.25) is 0 Å². The van der Waals surface area contributed by atoms with Crippen molar-refractivity contribution < 1.29 is 0 Å². The molecule has 0 aromatic heterocycles. The number of hydrogen-bond donors (Lipinski definition) is 0.